The van der Waals surface area contributed by atoms with E-state index in [9.17, 15) is 8.42 Å². The minimum atomic E-state index is -3.38. The van der Waals surface area contributed by atoms with Crippen LogP contribution >= 0.6 is 23.1 Å². The molecule has 1 heterocycles. The third-order valence-corrected chi connectivity index (χ3v) is 6.47. The molecule has 1 aromatic heterocycles. The molecule has 0 saturated carbocycles. The second-order valence-corrected chi connectivity index (χ2v) is 8.70. The van der Waals surface area contributed by atoms with Crippen LogP contribution in [0.5, 0.6) is 0 Å². The summed E-state index contributed by atoms with van der Waals surface area (Å²) in [6, 6.07) is 1.68. The smallest absolute Gasteiger partial charge is 0.241 e. The molecule has 116 valence electrons. The first-order valence-electron chi connectivity index (χ1n) is 6.79. The topological polar surface area (TPSA) is 72.2 Å². The molecule has 0 bridgehead atoms. The van der Waals surface area contributed by atoms with Crippen molar-refractivity contribution in [2.75, 3.05) is 18.6 Å². The second-order valence-electron chi connectivity index (χ2n) is 4.64. The van der Waals surface area contributed by atoms with Crippen LogP contribution in [0, 0.1) is 6.92 Å². The van der Waals surface area contributed by atoms with Gasteiger partial charge < -0.3 is 5.73 Å². The fourth-order valence-corrected chi connectivity index (χ4v) is 4.98. The number of aryl methyl sites for hydroxylation is 1. The van der Waals surface area contributed by atoms with Gasteiger partial charge in [0.05, 0.1) is 4.90 Å². The predicted octanol–water partition coefficient (Wildman–Crippen LogP) is 2.72. The van der Waals surface area contributed by atoms with E-state index in [0.29, 0.717) is 18.0 Å². The fraction of sp³-hybridized carbons (Fsp3) is 0.692. The number of nitrogens with one attached hydrogen (secondary N) is 1. The number of unbranched alkanes of at least 4 members (excludes halogenated alkanes) is 3. The van der Waals surface area contributed by atoms with Crippen LogP contribution in [0.4, 0.5) is 0 Å². The summed E-state index contributed by atoms with van der Waals surface area (Å²) in [5, 5.41) is 0. The lowest BCUT2D eigenvalue weighted by atomic mass is 10.2. The van der Waals surface area contributed by atoms with Crippen LogP contribution in [0.15, 0.2) is 11.0 Å². The van der Waals surface area contributed by atoms with Crippen LogP contribution in [0.2, 0.25) is 0 Å². The van der Waals surface area contributed by atoms with Crippen molar-refractivity contribution in [3.8, 4) is 0 Å². The SMILES string of the molecule is CSCCCCCCNS(=O)(=O)c1cc(CN)sc1C. The van der Waals surface area contributed by atoms with Crippen LogP contribution in [0.3, 0.4) is 0 Å². The molecule has 0 saturated heterocycles. The van der Waals surface area contributed by atoms with Gasteiger partial charge in [0.2, 0.25) is 10.0 Å². The Hall–Kier alpha value is -0.0800. The van der Waals surface area contributed by atoms with Gasteiger partial charge in [-0.25, -0.2) is 13.1 Å². The van der Waals surface area contributed by atoms with Crippen molar-refractivity contribution in [2.45, 2.75) is 44.0 Å². The van der Waals surface area contributed by atoms with E-state index < -0.39 is 10.0 Å². The van der Waals surface area contributed by atoms with Gasteiger partial charge in [-0.2, -0.15) is 11.8 Å². The van der Waals surface area contributed by atoms with Crippen molar-refractivity contribution in [2.24, 2.45) is 5.73 Å². The van der Waals surface area contributed by atoms with Gasteiger partial charge >= 0.3 is 0 Å². The van der Waals surface area contributed by atoms with Gasteiger partial charge in [-0.15, -0.1) is 11.3 Å². The van der Waals surface area contributed by atoms with E-state index in [-0.39, 0.29) is 0 Å². The molecule has 1 rings (SSSR count). The maximum atomic E-state index is 12.2. The maximum Gasteiger partial charge on any atom is 0.241 e. The number of thioether (sulfide) groups is 1. The summed E-state index contributed by atoms with van der Waals surface area (Å²) >= 11 is 3.30. The molecule has 7 heteroatoms. The lowest BCUT2D eigenvalue weighted by molar-refractivity contribution is 0.573. The van der Waals surface area contributed by atoms with Crippen LogP contribution in [0.1, 0.15) is 35.4 Å². The van der Waals surface area contributed by atoms with Gasteiger partial charge in [-0.3, -0.25) is 0 Å². The van der Waals surface area contributed by atoms with Crippen LogP contribution < -0.4 is 10.5 Å². The fourth-order valence-electron chi connectivity index (χ4n) is 1.90. The molecule has 1 aromatic rings. The van der Waals surface area contributed by atoms with E-state index in [4.69, 9.17) is 5.73 Å². The molecular weight excluding hydrogens is 312 g/mol. The molecule has 0 fully saturated rings. The summed E-state index contributed by atoms with van der Waals surface area (Å²) in [5.74, 6) is 1.18. The Morgan fingerprint density at radius 2 is 2.00 bits per heavy atom. The highest BCUT2D eigenvalue weighted by atomic mass is 32.2. The number of rotatable bonds is 10. The van der Waals surface area contributed by atoms with Crippen molar-refractivity contribution in [3.05, 3.63) is 15.8 Å². The third-order valence-electron chi connectivity index (χ3n) is 2.98. The number of hydrogen-bond donors (Lipinski definition) is 2. The molecular formula is C13H24N2O2S3. The maximum absolute atomic E-state index is 12.2. The monoisotopic (exact) mass is 336 g/mol. The number of hydrogen-bond acceptors (Lipinski definition) is 5. The second kappa shape index (κ2) is 9.04. The van der Waals surface area contributed by atoms with E-state index in [1.807, 2.05) is 18.7 Å². The largest absolute Gasteiger partial charge is 0.326 e. The summed E-state index contributed by atoms with van der Waals surface area (Å²) < 4.78 is 27.0. The molecule has 0 radical (unpaired) electrons. The molecule has 0 amide bonds. The van der Waals surface area contributed by atoms with E-state index in [1.54, 1.807) is 6.07 Å². The van der Waals surface area contributed by atoms with E-state index in [0.717, 1.165) is 29.0 Å². The number of sulfonamides is 1. The lowest BCUT2D eigenvalue weighted by Gasteiger charge is -2.06. The van der Waals surface area contributed by atoms with Crippen LogP contribution in [-0.2, 0) is 16.6 Å². The summed E-state index contributed by atoms with van der Waals surface area (Å²) in [7, 11) is -3.38. The van der Waals surface area contributed by atoms with Crippen LogP contribution in [0.25, 0.3) is 0 Å². The van der Waals surface area contributed by atoms with Gasteiger partial charge in [-0.05, 0) is 37.8 Å². The Morgan fingerprint density at radius 1 is 1.30 bits per heavy atom. The first kappa shape index (κ1) is 18.0. The lowest BCUT2D eigenvalue weighted by Crippen LogP contribution is -2.25. The van der Waals surface area contributed by atoms with Crippen molar-refractivity contribution in [1.29, 1.82) is 0 Å². The highest BCUT2D eigenvalue weighted by Gasteiger charge is 2.18. The van der Waals surface area contributed by atoms with E-state index in [2.05, 4.69) is 11.0 Å². The van der Waals surface area contributed by atoms with Crippen LogP contribution in [-0.4, -0.2) is 27.0 Å². The third kappa shape index (κ3) is 5.73. The molecule has 0 aliphatic carbocycles. The minimum absolute atomic E-state index is 0.380. The van der Waals surface area contributed by atoms with E-state index >= 15 is 0 Å². The Kier molecular flexibility index (Phi) is 8.13. The highest BCUT2D eigenvalue weighted by Crippen LogP contribution is 2.25. The van der Waals surface area contributed by atoms with Gasteiger partial charge in [0.1, 0.15) is 0 Å². The summed E-state index contributed by atoms with van der Waals surface area (Å²) in [6.45, 7) is 2.71. The molecule has 0 atom stereocenters. The standard InChI is InChI=1S/C13H24N2O2S3/c1-11-13(9-12(10-14)19-11)20(16,17)15-7-5-3-4-6-8-18-2/h9,15H,3-8,10,14H2,1-2H3. The number of nitrogens with two attached hydrogens (primary N) is 1. The Morgan fingerprint density at radius 3 is 2.60 bits per heavy atom. The van der Waals surface area contributed by atoms with Crippen molar-refractivity contribution in [1.82, 2.24) is 4.72 Å². The molecule has 4 nitrogen and oxygen atoms in total. The van der Waals surface area contributed by atoms with Crippen molar-refractivity contribution in [3.63, 3.8) is 0 Å². The Labute approximate surface area is 130 Å². The Bertz CT molecular complexity index is 498. The zero-order valence-corrected chi connectivity index (χ0v) is 14.6. The quantitative estimate of drug-likeness (QED) is 0.644. The van der Waals surface area contributed by atoms with Gasteiger partial charge in [0.25, 0.3) is 0 Å². The highest BCUT2D eigenvalue weighted by molar-refractivity contribution is 7.98. The van der Waals surface area contributed by atoms with Crippen molar-refractivity contribution < 1.29 is 8.42 Å². The Balaban J connectivity index is 2.40. The molecule has 0 unspecified atom stereocenters. The molecule has 0 aliphatic heterocycles. The molecule has 0 spiro atoms. The summed E-state index contributed by atoms with van der Waals surface area (Å²) in [5.41, 5.74) is 5.55. The molecule has 20 heavy (non-hydrogen) atoms. The van der Waals surface area contributed by atoms with Gasteiger partial charge in [0.15, 0.2) is 0 Å². The normalized spacial score (nSPS) is 11.9. The zero-order valence-electron chi connectivity index (χ0n) is 12.1. The van der Waals surface area contributed by atoms with Gasteiger partial charge in [-0.1, -0.05) is 12.8 Å². The average Bonchev–Trinajstić information content (AvgIpc) is 2.80. The zero-order chi connectivity index (χ0) is 15.0. The average molecular weight is 337 g/mol. The van der Waals surface area contributed by atoms with Gasteiger partial charge in [0, 0.05) is 22.8 Å². The van der Waals surface area contributed by atoms with Crippen molar-refractivity contribution >= 4 is 33.1 Å². The molecule has 0 aromatic carbocycles. The number of thiophene rings is 1. The predicted molar refractivity (Wildman–Crippen MR) is 89.0 cm³/mol. The molecule has 0 aliphatic rings. The van der Waals surface area contributed by atoms with E-state index in [1.165, 1.54) is 23.5 Å². The molecule has 3 N–H and O–H groups in total. The minimum Gasteiger partial charge on any atom is -0.326 e. The summed E-state index contributed by atoms with van der Waals surface area (Å²) in [6.07, 6.45) is 6.43. The summed E-state index contributed by atoms with van der Waals surface area (Å²) in [4.78, 5) is 2.09. The first-order valence-corrected chi connectivity index (χ1v) is 10.5. The first-order chi connectivity index (χ1) is 9.51.